The molecule has 0 aliphatic rings. The molecule has 0 fully saturated rings. The van der Waals surface area contributed by atoms with E-state index in [4.69, 9.17) is 10.5 Å². The first kappa shape index (κ1) is 16.5. The lowest BCUT2D eigenvalue weighted by atomic mass is 9.91. The molecule has 108 valence electrons. The van der Waals surface area contributed by atoms with E-state index in [1.807, 2.05) is 30.3 Å². The Morgan fingerprint density at radius 3 is 2.55 bits per heavy atom. The van der Waals surface area contributed by atoms with E-state index >= 15 is 0 Å². The Morgan fingerprint density at radius 1 is 1.20 bits per heavy atom. The van der Waals surface area contributed by atoms with Crippen molar-refractivity contribution in [3.8, 4) is 0 Å². The van der Waals surface area contributed by atoms with Gasteiger partial charge in [-0.2, -0.15) is 0 Å². The van der Waals surface area contributed by atoms with Crippen LogP contribution in [-0.4, -0.2) is 18.1 Å². The molecule has 0 unspecified atom stereocenters. The van der Waals surface area contributed by atoms with Crippen LogP contribution in [0.2, 0.25) is 0 Å². The van der Waals surface area contributed by atoms with Crippen LogP contribution in [0.5, 0.6) is 0 Å². The summed E-state index contributed by atoms with van der Waals surface area (Å²) >= 11 is 0. The van der Waals surface area contributed by atoms with Crippen molar-refractivity contribution in [1.82, 2.24) is 0 Å². The first-order chi connectivity index (χ1) is 9.04. The van der Waals surface area contributed by atoms with Gasteiger partial charge in [0, 0.05) is 6.42 Å². The number of esters is 1. The number of fused-ring (bicyclic) bond motifs is 1. The summed E-state index contributed by atoms with van der Waals surface area (Å²) in [7, 11) is 0. The largest absolute Gasteiger partial charge is 0.465 e. The number of carbonyl (C=O) groups excluding carboxylic acids is 1. The van der Waals surface area contributed by atoms with Crippen LogP contribution >= 0.6 is 12.4 Å². The second kappa shape index (κ2) is 6.73. The van der Waals surface area contributed by atoms with E-state index in [0.29, 0.717) is 13.0 Å². The van der Waals surface area contributed by atoms with Gasteiger partial charge in [0.25, 0.3) is 0 Å². The number of ether oxygens (including phenoxy) is 1. The Morgan fingerprint density at radius 2 is 1.85 bits per heavy atom. The predicted octanol–water partition coefficient (Wildman–Crippen LogP) is 3.08. The zero-order chi connectivity index (χ0) is 13.9. The average molecular weight is 294 g/mol. The van der Waals surface area contributed by atoms with E-state index in [0.717, 1.165) is 16.3 Å². The summed E-state index contributed by atoms with van der Waals surface area (Å²) < 4.78 is 5.03. The standard InChI is InChI=1S/C16H19NO2.ClH/c1-3-19-15(18)16(2,17)11-13-9-6-8-12-7-4-5-10-14(12)13;/h4-10H,3,11,17H2,1-2H3;1H/t16-;/m0./s1. The first-order valence-corrected chi connectivity index (χ1v) is 6.47. The normalized spacial score (nSPS) is 13.3. The molecule has 0 aliphatic carbocycles. The predicted molar refractivity (Wildman–Crippen MR) is 84.1 cm³/mol. The maximum Gasteiger partial charge on any atom is 0.326 e. The van der Waals surface area contributed by atoms with Gasteiger partial charge in [0.2, 0.25) is 0 Å². The van der Waals surface area contributed by atoms with Crippen molar-refractivity contribution in [1.29, 1.82) is 0 Å². The van der Waals surface area contributed by atoms with Crippen LogP contribution in [0.4, 0.5) is 0 Å². The van der Waals surface area contributed by atoms with Crippen molar-refractivity contribution < 1.29 is 9.53 Å². The van der Waals surface area contributed by atoms with Crippen molar-refractivity contribution in [3.63, 3.8) is 0 Å². The summed E-state index contributed by atoms with van der Waals surface area (Å²) in [6, 6.07) is 14.1. The van der Waals surface area contributed by atoms with Gasteiger partial charge in [0.1, 0.15) is 5.54 Å². The number of hydrogen-bond donors (Lipinski definition) is 1. The number of carbonyl (C=O) groups is 1. The van der Waals surface area contributed by atoms with Crippen LogP contribution in [0.25, 0.3) is 10.8 Å². The monoisotopic (exact) mass is 293 g/mol. The number of halogens is 1. The fourth-order valence-electron chi connectivity index (χ4n) is 2.21. The molecule has 0 saturated carbocycles. The summed E-state index contributed by atoms with van der Waals surface area (Å²) in [6.45, 7) is 3.85. The number of benzene rings is 2. The van der Waals surface area contributed by atoms with Crippen molar-refractivity contribution in [2.45, 2.75) is 25.8 Å². The molecule has 0 amide bonds. The van der Waals surface area contributed by atoms with Gasteiger partial charge in [-0.15, -0.1) is 12.4 Å². The summed E-state index contributed by atoms with van der Waals surface area (Å²) in [6.07, 6.45) is 0.465. The molecule has 0 aliphatic heterocycles. The number of nitrogens with two attached hydrogens (primary N) is 1. The van der Waals surface area contributed by atoms with Gasteiger partial charge in [-0.05, 0) is 30.2 Å². The SMILES string of the molecule is CCOC(=O)[C@@](C)(N)Cc1cccc2ccccc12.Cl. The van der Waals surface area contributed by atoms with Crippen LogP contribution < -0.4 is 5.73 Å². The molecule has 2 N–H and O–H groups in total. The van der Waals surface area contributed by atoms with Gasteiger partial charge >= 0.3 is 5.97 Å². The van der Waals surface area contributed by atoms with Crippen molar-refractivity contribution in [2.75, 3.05) is 6.61 Å². The highest BCUT2D eigenvalue weighted by Crippen LogP contribution is 2.22. The zero-order valence-electron chi connectivity index (χ0n) is 11.8. The number of hydrogen-bond acceptors (Lipinski definition) is 3. The second-order valence-corrected chi connectivity index (χ2v) is 4.95. The summed E-state index contributed by atoms with van der Waals surface area (Å²) in [5.74, 6) is -0.358. The van der Waals surface area contributed by atoms with Gasteiger partial charge in [-0.25, -0.2) is 0 Å². The lowest BCUT2D eigenvalue weighted by molar-refractivity contribution is -0.148. The van der Waals surface area contributed by atoms with Crippen molar-refractivity contribution in [3.05, 3.63) is 48.0 Å². The quantitative estimate of drug-likeness (QED) is 0.881. The van der Waals surface area contributed by atoms with E-state index in [1.165, 1.54) is 0 Å². The Kier molecular flexibility index (Phi) is 5.54. The van der Waals surface area contributed by atoms with Crippen LogP contribution in [0.3, 0.4) is 0 Å². The molecule has 0 radical (unpaired) electrons. The average Bonchev–Trinajstić information content (AvgIpc) is 2.39. The van der Waals surface area contributed by atoms with E-state index in [2.05, 4.69) is 12.1 Å². The Hall–Kier alpha value is -1.58. The Bertz CT molecular complexity index is 591. The van der Waals surface area contributed by atoms with Gasteiger partial charge in [0.15, 0.2) is 0 Å². The molecular formula is C16H20ClNO2. The third kappa shape index (κ3) is 3.50. The van der Waals surface area contributed by atoms with Crippen LogP contribution in [0.1, 0.15) is 19.4 Å². The van der Waals surface area contributed by atoms with E-state index < -0.39 is 5.54 Å². The zero-order valence-corrected chi connectivity index (χ0v) is 12.6. The smallest absolute Gasteiger partial charge is 0.326 e. The fourth-order valence-corrected chi connectivity index (χ4v) is 2.21. The molecule has 0 aromatic heterocycles. The topological polar surface area (TPSA) is 52.3 Å². The minimum absolute atomic E-state index is 0. The molecule has 20 heavy (non-hydrogen) atoms. The maximum atomic E-state index is 11.9. The van der Waals surface area contributed by atoms with E-state index in [-0.39, 0.29) is 18.4 Å². The summed E-state index contributed by atoms with van der Waals surface area (Å²) in [5.41, 5.74) is 6.16. The molecule has 0 heterocycles. The Balaban J connectivity index is 0.00000200. The molecule has 2 aromatic rings. The third-order valence-corrected chi connectivity index (χ3v) is 3.18. The van der Waals surface area contributed by atoms with Crippen LogP contribution in [0, 0.1) is 0 Å². The maximum absolute atomic E-state index is 11.9. The highest BCUT2D eigenvalue weighted by atomic mass is 35.5. The summed E-state index contributed by atoms with van der Waals surface area (Å²) in [5, 5.41) is 2.28. The second-order valence-electron chi connectivity index (χ2n) is 4.95. The van der Waals surface area contributed by atoms with Gasteiger partial charge in [0.05, 0.1) is 6.61 Å². The van der Waals surface area contributed by atoms with Crippen molar-refractivity contribution in [2.24, 2.45) is 5.73 Å². The lowest BCUT2D eigenvalue weighted by Crippen LogP contribution is -2.48. The minimum Gasteiger partial charge on any atom is -0.465 e. The van der Waals surface area contributed by atoms with Gasteiger partial charge in [-0.1, -0.05) is 42.5 Å². The van der Waals surface area contributed by atoms with E-state index in [9.17, 15) is 4.79 Å². The molecule has 0 spiro atoms. The molecule has 0 bridgehead atoms. The highest BCUT2D eigenvalue weighted by Gasteiger charge is 2.30. The lowest BCUT2D eigenvalue weighted by Gasteiger charge is -2.23. The van der Waals surface area contributed by atoms with E-state index in [1.54, 1.807) is 13.8 Å². The third-order valence-electron chi connectivity index (χ3n) is 3.18. The van der Waals surface area contributed by atoms with Gasteiger partial charge < -0.3 is 10.5 Å². The molecule has 1 atom stereocenters. The molecule has 4 heteroatoms. The van der Waals surface area contributed by atoms with Gasteiger partial charge in [-0.3, -0.25) is 4.79 Å². The Labute approximate surface area is 125 Å². The number of rotatable bonds is 4. The first-order valence-electron chi connectivity index (χ1n) is 6.47. The van der Waals surface area contributed by atoms with Crippen LogP contribution in [-0.2, 0) is 16.0 Å². The van der Waals surface area contributed by atoms with Crippen molar-refractivity contribution >= 4 is 29.1 Å². The minimum atomic E-state index is -1.000. The molecular weight excluding hydrogens is 274 g/mol. The van der Waals surface area contributed by atoms with Crippen LogP contribution in [0.15, 0.2) is 42.5 Å². The highest BCUT2D eigenvalue weighted by molar-refractivity contribution is 5.87. The fraction of sp³-hybridized carbons (Fsp3) is 0.312. The summed E-state index contributed by atoms with van der Waals surface area (Å²) in [4.78, 5) is 11.9. The molecule has 0 saturated heterocycles. The molecule has 2 aromatic carbocycles. The molecule has 2 rings (SSSR count). The molecule has 3 nitrogen and oxygen atoms in total.